The zero-order chi connectivity index (χ0) is 11.4. The Hall–Kier alpha value is -1.26. The topological polar surface area (TPSA) is 220 Å². The molecule has 17 heavy (non-hydrogen) atoms. The second-order valence-corrected chi connectivity index (χ2v) is 2.44. The Kier molecular flexibility index (Phi) is 42.1. The van der Waals surface area contributed by atoms with Gasteiger partial charge < -0.3 is 38.9 Å². The van der Waals surface area contributed by atoms with Crippen LogP contribution in [0.4, 0.5) is 0 Å². The predicted molar refractivity (Wildman–Crippen MR) is 63.0 cm³/mol. The number of carboxylic acids is 2. The molecule has 108 valence electrons. The summed E-state index contributed by atoms with van der Waals surface area (Å²) in [5, 5.41) is 32.0. The molecule has 0 amide bonds. The molecule has 9 heteroatoms. The van der Waals surface area contributed by atoms with Crippen LogP contribution in [0.3, 0.4) is 0 Å². The molecule has 0 aromatic carbocycles. The van der Waals surface area contributed by atoms with E-state index >= 15 is 0 Å². The first-order valence-electron chi connectivity index (χ1n) is 4.20. The molecular weight excluding hydrogens is 234 g/mol. The summed E-state index contributed by atoms with van der Waals surface area (Å²) in [5.41, 5.74) is 0. The summed E-state index contributed by atoms with van der Waals surface area (Å²) < 4.78 is 0. The standard InChI is InChI=1S/2C4H8O3.3H3N/c2*5-3-1-2-4(6)7;;;/h2*5H,1-3H2,(H,6,7);3*1H3. The third kappa shape index (κ3) is 52.7. The zero-order valence-electron chi connectivity index (χ0n) is 9.97. The molecule has 0 aliphatic heterocycles. The molecule has 0 bridgehead atoms. The molecule has 0 aliphatic carbocycles. The summed E-state index contributed by atoms with van der Waals surface area (Å²) in [7, 11) is 0. The lowest BCUT2D eigenvalue weighted by molar-refractivity contribution is -0.138. The van der Waals surface area contributed by atoms with Gasteiger partial charge in [0.15, 0.2) is 0 Å². The normalized spacial score (nSPS) is 7.18. The van der Waals surface area contributed by atoms with Gasteiger partial charge in [0.05, 0.1) is 0 Å². The second kappa shape index (κ2) is 24.1. The van der Waals surface area contributed by atoms with E-state index < -0.39 is 11.9 Å². The first-order chi connectivity index (χ1) is 6.54. The highest BCUT2D eigenvalue weighted by atomic mass is 16.4. The molecule has 9 nitrogen and oxygen atoms in total. The van der Waals surface area contributed by atoms with Gasteiger partial charge in [-0.25, -0.2) is 0 Å². The molecule has 0 saturated heterocycles. The van der Waals surface area contributed by atoms with E-state index in [4.69, 9.17) is 20.4 Å². The maximum atomic E-state index is 9.65. The predicted octanol–water partition coefficient (Wildman–Crippen LogP) is 0.173. The summed E-state index contributed by atoms with van der Waals surface area (Å²) in [4.78, 5) is 19.3. The average Bonchev–Trinajstić information content (AvgIpc) is 2.12. The molecule has 0 radical (unpaired) electrons. The number of carboxylic acid groups (broad SMARTS) is 2. The number of aliphatic hydroxyl groups is 2. The minimum Gasteiger partial charge on any atom is -0.481 e. The van der Waals surface area contributed by atoms with Gasteiger partial charge in [-0.2, -0.15) is 0 Å². The van der Waals surface area contributed by atoms with Crippen LogP contribution in [0.2, 0.25) is 0 Å². The molecule has 0 atom stereocenters. The van der Waals surface area contributed by atoms with E-state index in [1.54, 1.807) is 0 Å². The number of hydrogen-bond acceptors (Lipinski definition) is 7. The quantitative estimate of drug-likeness (QED) is 0.344. The minimum absolute atomic E-state index is 0. The third-order valence-electron chi connectivity index (χ3n) is 1.10. The maximum Gasteiger partial charge on any atom is 0.303 e. The molecule has 0 rings (SSSR count). The van der Waals surface area contributed by atoms with E-state index in [9.17, 15) is 9.59 Å². The smallest absolute Gasteiger partial charge is 0.303 e. The molecule has 0 saturated carbocycles. The number of rotatable bonds is 6. The Morgan fingerprint density at radius 2 is 0.941 bits per heavy atom. The van der Waals surface area contributed by atoms with Crippen LogP contribution in [0.5, 0.6) is 0 Å². The van der Waals surface area contributed by atoms with E-state index in [2.05, 4.69) is 0 Å². The van der Waals surface area contributed by atoms with Crippen molar-refractivity contribution in [3.05, 3.63) is 0 Å². The van der Waals surface area contributed by atoms with Crippen LogP contribution in [-0.4, -0.2) is 45.6 Å². The largest absolute Gasteiger partial charge is 0.481 e. The fraction of sp³-hybridized carbons (Fsp3) is 0.750. The van der Waals surface area contributed by atoms with Crippen molar-refractivity contribution in [2.45, 2.75) is 25.7 Å². The molecule has 0 unspecified atom stereocenters. The van der Waals surface area contributed by atoms with Crippen molar-refractivity contribution in [2.24, 2.45) is 0 Å². The summed E-state index contributed by atoms with van der Waals surface area (Å²) in [6.07, 6.45) is 0.845. The molecular formula is C8H25N3O6. The van der Waals surface area contributed by atoms with Gasteiger partial charge >= 0.3 is 11.9 Å². The molecule has 0 heterocycles. The van der Waals surface area contributed by atoms with Gasteiger partial charge in [-0.15, -0.1) is 0 Å². The molecule has 0 aromatic heterocycles. The van der Waals surface area contributed by atoms with Crippen molar-refractivity contribution in [1.29, 1.82) is 0 Å². The molecule has 13 N–H and O–H groups in total. The Labute approximate surface area is 100 Å². The van der Waals surface area contributed by atoms with E-state index in [1.807, 2.05) is 0 Å². The lowest BCUT2D eigenvalue weighted by Gasteiger charge is -1.85. The summed E-state index contributed by atoms with van der Waals surface area (Å²) >= 11 is 0. The van der Waals surface area contributed by atoms with Crippen LogP contribution in [0.1, 0.15) is 25.7 Å². The first kappa shape index (κ1) is 29.6. The van der Waals surface area contributed by atoms with Gasteiger partial charge in [-0.3, -0.25) is 9.59 Å². The van der Waals surface area contributed by atoms with Crippen LogP contribution in [0.15, 0.2) is 0 Å². The van der Waals surface area contributed by atoms with Crippen molar-refractivity contribution in [2.75, 3.05) is 13.2 Å². The highest BCUT2D eigenvalue weighted by Gasteiger charge is 1.92. The van der Waals surface area contributed by atoms with Gasteiger partial charge in [0.25, 0.3) is 0 Å². The van der Waals surface area contributed by atoms with Crippen molar-refractivity contribution >= 4 is 11.9 Å². The molecule has 0 fully saturated rings. The first-order valence-corrected chi connectivity index (χ1v) is 4.20. The molecule has 0 aliphatic rings. The van der Waals surface area contributed by atoms with Gasteiger partial charge in [-0.1, -0.05) is 0 Å². The summed E-state index contributed by atoms with van der Waals surface area (Å²) in [6, 6.07) is 0. The number of carbonyl (C=O) groups is 2. The molecule has 0 spiro atoms. The van der Waals surface area contributed by atoms with Crippen molar-refractivity contribution in [1.82, 2.24) is 18.5 Å². The van der Waals surface area contributed by atoms with Crippen LogP contribution in [0, 0.1) is 0 Å². The average molecular weight is 259 g/mol. The van der Waals surface area contributed by atoms with Crippen LogP contribution in [-0.2, 0) is 9.59 Å². The SMILES string of the molecule is N.N.N.O=C(O)CCCO.O=C(O)CCCO. The summed E-state index contributed by atoms with van der Waals surface area (Å²) in [5.74, 6) is -1.71. The van der Waals surface area contributed by atoms with E-state index in [0.717, 1.165) is 0 Å². The maximum absolute atomic E-state index is 9.65. The van der Waals surface area contributed by atoms with Crippen LogP contribution in [0.25, 0.3) is 0 Å². The van der Waals surface area contributed by atoms with E-state index in [-0.39, 0.29) is 44.5 Å². The summed E-state index contributed by atoms with van der Waals surface area (Å²) in [6.45, 7) is -0.0708. The van der Waals surface area contributed by atoms with Gasteiger partial charge in [0, 0.05) is 26.1 Å². The minimum atomic E-state index is -0.853. The second-order valence-electron chi connectivity index (χ2n) is 2.44. The highest BCUT2D eigenvalue weighted by Crippen LogP contribution is 1.84. The number of aliphatic hydroxyl groups excluding tert-OH is 2. The van der Waals surface area contributed by atoms with Crippen LogP contribution >= 0.6 is 0 Å². The van der Waals surface area contributed by atoms with E-state index in [0.29, 0.717) is 12.8 Å². The van der Waals surface area contributed by atoms with Crippen LogP contribution < -0.4 is 18.5 Å². The Morgan fingerprint density at radius 3 is 1.00 bits per heavy atom. The van der Waals surface area contributed by atoms with Crippen molar-refractivity contribution in [3.63, 3.8) is 0 Å². The fourth-order valence-electron chi connectivity index (χ4n) is 0.461. The van der Waals surface area contributed by atoms with Crippen molar-refractivity contribution < 1.29 is 30.0 Å². The van der Waals surface area contributed by atoms with Crippen molar-refractivity contribution in [3.8, 4) is 0 Å². The van der Waals surface area contributed by atoms with Gasteiger partial charge in [0.2, 0.25) is 0 Å². The van der Waals surface area contributed by atoms with E-state index in [1.165, 1.54) is 0 Å². The lowest BCUT2D eigenvalue weighted by atomic mass is 10.3. The monoisotopic (exact) mass is 259 g/mol. The Balaban J connectivity index is -0.0000000480. The van der Waals surface area contributed by atoms with Gasteiger partial charge in [0.1, 0.15) is 0 Å². The Bertz CT molecular complexity index is 149. The number of aliphatic carboxylic acids is 2. The third-order valence-corrected chi connectivity index (χ3v) is 1.10. The number of hydrogen-bond donors (Lipinski definition) is 7. The highest BCUT2D eigenvalue weighted by molar-refractivity contribution is 5.66. The fourth-order valence-corrected chi connectivity index (χ4v) is 0.461. The lowest BCUT2D eigenvalue weighted by Crippen LogP contribution is -1.95. The molecule has 0 aromatic rings. The Morgan fingerprint density at radius 1 is 0.706 bits per heavy atom. The van der Waals surface area contributed by atoms with Gasteiger partial charge in [-0.05, 0) is 12.8 Å². The zero-order valence-corrected chi connectivity index (χ0v) is 9.97.